The van der Waals surface area contributed by atoms with Gasteiger partial charge in [-0.3, -0.25) is 0 Å². The second-order valence-corrected chi connectivity index (χ2v) is 6.92. The van der Waals surface area contributed by atoms with Crippen LogP contribution in [0.2, 0.25) is 0 Å². The number of nitrogens with two attached hydrogens (primary N) is 1. The molecule has 3 N–H and O–H groups in total. The third-order valence-corrected chi connectivity index (χ3v) is 5.00. The maximum atomic E-state index is 6.14. The van der Waals surface area contributed by atoms with Gasteiger partial charge in [0.05, 0.1) is 42.3 Å². The molecule has 0 fully saturated rings. The van der Waals surface area contributed by atoms with Crippen LogP contribution in [0.25, 0.3) is 20.4 Å². The van der Waals surface area contributed by atoms with E-state index in [-0.39, 0.29) is 0 Å². The van der Waals surface area contributed by atoms with Gasteiger partial charge in [-0.05, 0) is 37.3 Å². The van der Waals surface area contributed by atoms with Gasteiger partial charge < -0.3 is 11.1 Å². The predicted molar refractivity (Wildman–Crippen MR) is 91.7 cm³/mol. The van der Waals surface area contributed by atoms with Crippen LogP contribution >= 0.6 is 22.7 Å². The van der Waals surface area contributed by atoms with E-state index in [2.05, 4.69) is 21.4 Å². The minimum atomic E-state index is 0.732. The fourth-order valence-corrected chi connectivity index (χ4v) is 3.88. The lowest BCUT2D eigenvalue weighted by atomic mass is 10.2. The third kappa shape index (κ3) is 2.22. The number of rotatable bonds is 2. The van der Waals surface area contributed by atoms with E-state index in [1.807, 2.05) is 36.7 Å². The van der Waals surface area contributed by atoms with Crippen molar-refractivity contribution in [3.63, 3.8) is 0 Å². The first-order chi connectivity index (χ1) is 10.2. The fourth-order valence-electron chi connectivity index (χ4n) is 2.30. The van der Waals surface area contributed by atoms with Gasteiger partial charge in [-0.15, -0.1) is 22.7 Å². The predicted octanol–water partition coefficient (Wildman–Crippen LogP) is 4.54. The van der Waals surface area contributed by atoms with Crippen molar-refractivity contribution in [1.29, 1.82) is 0 Å². The minimum absolute atomic E-state index is 0.732. The molecular formula is C15H12N4S2. The van der Waals surface area contributed by atoms with Crippen molar-refractivity contribution < 1.29 is 0 Å². The van der Waals surface area contributed by atoms with Crippen LogP contribution in [0.5, 0.6) is 0 Å². The average molecular weight is 312 g/mol. The quantitative estimate of drug-likeness (QED) is 0.533. The van der Waals surface area contributed by atoms with Crippen molar-refractivity contribution in [2.45, 2.75) is 6.92 Å². The van der Waals surface area contributed by atoms with Crippen LogP contribution in [0.3, 0.4) is 0 Å². The van der Waals surface area contributed by atoms with Gasteiger partial charge in [0.25, 0.3) is 0 Å². The number of aryl methyl sites for hydroxylation is 1. The summed E-state index contributed by atoms with van der Waals surface area (Å²) < 4.78 is 2.28. The number of fused-ring (bicyclic) bond motifs is 2. The standard InChI is InChI=1S/C15H12N4S2/c1-8-18-13-6-12(10(16)5-15(13)21-8)19-9-2-3-11-14(4-9)20-7-17-11/h2-7,19H,16H2,1H3. The number of nitrogens with zero attached hydrogens (tertiary/aromatic N) is 2. The minimum Gasteiger partial charge on any atom is -0.397 e. The van der Waals surface area contributed by atoms with Crippen molar-refractivity contribution >= 4 is 60.2 Å². The van der Waals surface area contributed by atoms with Gasteiger partial charge in [0, 0.05) is 5.69 Å². The Morgan fingerprint density at radius 2 is 2.00 bits per heavy atom. The second-order valence-electron chi connectivity index (χ2n) is 4.80. The molecule has 0 atom stereocenters. The number of nitrogen functional groups attached to an aromatic ring is 1. The van der Waals surface area contributed by atoms with E-state index in [0.29, 0.717) is 0 Å². The molecule has 104 valence electrons. The lowest BCUT2D eigenvalue weighted by molar-refractivity contribution is 1.35. The molecule has 0 aliphatic heterocycles. The molecule has 0 spiro atoms. The van der Waals surface area contributed by atoms with Crippen molar-refractivity contribution in [2.75, 3.05) is 11.1 Å². The molecule has 0 radical (unpaired) electrons. The van der Waals surface area contributed by atoms with Gasteiger partial charge in [0.15, 0.2) is 0 Å². The Balaban J connectivity index is 1.76. The molecule has 0 unspecified atom stereocenters. The Morgan fingerprint density at radius 1 is 1.10 bits per heavy atom. The van der Waals surface area contributed by atoms with Crippen LogP contribution in [-0.2, 0) is 0 Å². The lowest BCUT2D eigenvalue weighted by Crippen LogP contribution is -1.96. The van der Waals surface area contributed by atoms with Crippen LogP contribution in [0.4, 0.5) is 17.1 Å². The number of anilines is 3. The van der Waals surface area contributed by atoms with Crippen molar-refractivity contribution in [3.05, 3.63) is 40.8 Å². The van der Waals surface area contributed by atoms with Crippen LogP contribution in [0.15, 0.2) is 35.8 Å². The molecule has 0 saturated carbocycles. The van der Waals surface area contributed by atoms with Gasteiger partial charge in [-0.25, -0.2) is 9.97 Å². The highest BCUT2D eigenvalue weighted by molar-refractivity contribution is 7.18. The number of nitrogens with one attached hydrogen (secondary N) is 1. The largest absolute Gasteiger partial charge is 0.397 e. The molecule has 0 bridgehead atoms. The SMILES string of the molecule is Cc1nc2cc(Nc3ccc4ncsc4c3)c(N)cc2s1. The molecule has 6 heteroatoms. The third-order valence-electron chi connectivity index (χ3n) is 3.28. The molecule has 0 amide bonds. The van der Waals surface area contributed by atoms with Crippen LogP contribution in [0.1, 0.15) is 5.01 Å². The molecule has 4 rings (SSSR count). The van der Waals surface area contributed by atoms with E-state index >= 15 is 0 Å². The molecule has 2 aromatic carbocycles. The zero-order valence-electron chi connectivity index (χ0n) is 11.3. The van der Waals surface area contributed by atoms with E-state index in [9.17, 15) is 0 Å². The van der Waals surface area contributed by atoms with Gasteiger partial charge in [0.2, 0.25) is 0 Å². The lowest BCUT2D eigenvalue weighted by Gasteiger charge is -2.09. The van der Waals surface area contributed by atoms with Crippen LogP contribution in [-0.4, -0.2) is 9.97 Å². The number of hydrogen-bond acceptors (Lipinski definition) is 6. The number of aromatic nitrogens is 2. The Bertz CT molecular complexity index is 955. The second kappa shape index (κ2) is 4.68. The molecule has 2 aromatic heterocycles. The average Bonchev–Trinajstić information content (AvgIpc) is 3.04. The Kier molecular flexibility index (Phi) is 2.80. The summed E-state index contributed by atoms with van der Waals surface area (Å²) in [6, 6.07) is 10.1. The fraction of sp³-hybridized carbons (Fsp3) is 0.0667. The summed E-state index contributed by atoms with van der Waals surface area (Å²) >= 11 is 3.29. The highest BCUT2D eigenvalue weighted by atomic mass is 32.1. The summed E-state index contributed by atoms with van der Waals surface area (Å²) in [6.45, 7) is 2.01. The Hall–Kier alpha value is -2.18. The summed E-state index contributed by atoms with van der Waals surface area (Å²) in [7, 11) is 0. The van der Waals surface area contributed by atoms with Crippen molar-refractivity contribution in [1.82, 2.24) is 9.97 Å². The summed E-state index contributed by atoms with van der Waals surface area (Å²) in [5, 5.41) is 4.42. The first-order valence-electron chi connectivity index (χ1n) is 6.46. The van der Waals surface area contributed by atoms with Crippen molar-refractivity contribution in [2.24, 2.45) is 0 Å². The summed E-state index contributed by atoms with van der Waals surface area (Å²) in [5.74, 6) is 0. The summed E-state index contributed by atoms with van der Waals surface area (Å²) in [5.41, 5.74) is 12.6. The first kappa shape index (κ1) is 12.6. The molecule has 0 aliphatic rings. The highest BCUT2D eigenvalue weighted by Gasteiger charge is 2.07. The molecule has 2 heterocycles. The maximum Gasteiger partial charge on any atom is 0.0907 e. The monoisotopic (exact) mass is 312 g/mol. The summed E-state index contributed by atoms with van der Waals surface area (Å²) in [6.07, 6.45) is 0. The highest BCUT2D eigenvalue weighted by Crippen LogP contribution is 2.32. The first-order valence-corrected chi connectivity index (χ1v) is 8.15. The molecule has 4 aromatic rings. The van der Waals surface area contributed by atoms with E-state index < -0.39 is 0 Å². The number of benzene rings is 2. The van der Waals surface area contributed by atoms with E-state index in [1.54, 1.807) is 22.7 Å². The van der Waals surface area contributed by atoms with Gasteiger partial charge in [0.1, 0.15) is 0 Å². The molecule has 21 heavy (non-hydrogen) atoms. The van der Waals surface area contributed by atoms with Crippen molar-refractivity contribution in [3.8, 4) is 0 Å². The van der Waals surface area contributed by atoms with E-state index in [4.69, 9.17) is 5.73 Å². The topological polar surface area (TPSA) is 63.8 Å². The molecule has 0 saturated heterocycles. The number of hydrogen-bond donors (Lipinski definition) is 2. The zero-order valence-corrected chi connectivity index (χ0v) is 12.9. The zero-order chi connectivity index (χ0) is 14.4. The summed E-state index contributed by atoms with van der Waals surface area (Å²) in [4.78, 5) is 8.80. The van der Waals surface area contributed by atoms with Gasteiger partial charge in [-0.1, -0.05) is 0 Å². The Labute approximate surface area is 129 Å². The van der Waals surface area contributed by atoms with Crippen LogP contribution in [0, 0.1) is 6.92 Å². The Morgan fingerprint density at radius 3 is 2.90 bits per heavy atom. The normalized spacial score (nSPS) is 11.3. The maximum absolute atomic E-state index is 6.14. The molecule has 4 nitrogen and oxygen atoms in total. The molecular weight excluding hydrogens is 300 g/mol. The van der Waals surface area contributed by atoms with E-state index in [0.717, 1.165) is 42.5 Å². The smallest absolute Gasteiger partial charge is 0.0907 e. The van der Waals surface area contributed by atoms with Crippen LogP contribution < -0.4 is 11.1 Å². The number of thiazole rings is 2. The van der Waals surface area contributed by atoms with Gasteiger partial charge >= 0.3 is 0 Å². The van der Waals surface area contributed by atoms with E-state index in [1.165, 1.54) is 0 Å². The van der Waals surface area contributed by atoms with Gasteiger partial charge in [-0.2, -0.15) is 0 Å². The molecule has 0 aliphatic carbocycles.